The number of aromatic nitrogens is 4. The first kappa shape index (κ1) is 9.53. The van der Waals surface area contributed by atoms with E-state index in [0.29, 0.717) is 18.4 Å². The maximum absolute atomic E-state index is 5.43. The average molecular weight is 219 g/mol. The lowest BCUT2D eigenvalue weighted by atomic mass is 9.93. The number of nitrogens with zero attached hydrogens (tertiary/aromatic N) is 3. The van der Waals surface area contributed by atoms with Crippen molar-refractivity contribution < 1.29 is 4.42 Å². The van der Waals surface area contributed by atoms with E-state index in [0.717, 1.165) is 25.0 Å². The average Bonchev–Trinajstić information content (AvgIpc) is 2.97. The summed E-state index contributed by atoms with van der Waals surface area (Å²) in [6.07, 6.45) is 5.09. The first-order valence-corrected chi connectivity index (χ1v) is 5.45. The molecule has 6 nitrogen and oxygen atoms in total. The van der Waals surface area contributed by atoms with Gasteiger partial charge in [0.2, 0.25) is 0 Å². The number of aromatic amines is 1. The van der Waals surface area contributed by atoms with Crippen LogP contribution in [0.15, 0.2) is 16.7 Å². The molecule has 0 fully saturated rings. The van der Waals surface area contributed by atoms with Crippen molar-refractivity contribution in [2.24, 2.45) is 0 Å². The molecule has 6 heteroatoms. The topological polar surface area (TPSA) is 79.6 Å². The predicted molar refractivity (Wildman–Crippen MR) is 55.4 cm³/mol. The second-order valence-corrected chi connectivity index (χ2v) is 3.95. The number of hydrogen-bond acceptors (Lipinski definition) is 5. The summed E-state index contributed by atoms with van der Waals surface area (Å²) in [6.45, 7) is 0.631. The zero-order chi connectivity index (χ0) is 10.8. The zero-order valence-electron chi connectivity index (χ0n) is 8.81. The molecular formula is C10H13N5O. The summed E-state index contributed by atoms with van der Waals surface area (Å²) < 4.78 is 5.43. The first-order chi connectivity index (χ1) is 7.93. The molecule has 0 aromatic carbocycles. The predicted octanol–water partition coefficient (Wildman–Crippen LogP) is 0.960. The van der Waals surface area contributed by atoms with Crippen LogP contribution >= 0.6 is 0 Å². The molecule has 2 N–H and O–H groups in total. The Morgan fingerprint density at radius 2 is 2.56 bits per heavy atom. The number of H-pyrrole nitrogens is 1. The van der Waals surface area contributed by atoms with Gasteiger partial charge in [0.25, 0.3) is 0 Å². The van der Waals surface area contributed by atoms with Gasteiger partial charge in [0, 0.05) is 18.0 Å². The van der Waals surface area contributed by atoms with Crippen molar-refractivity contribution in [1.29, 1.82) is 0 Å². The maximum Gasteiger partial charge on any atom is 0.188 e. The fourth-order valence-corrected chi connectivity index (χ4v) is 2.17. The van der Waals surface area contributed by atoms with E-state index in [-0.39, 0.29) is 0 Å². The van der Waals surface area contributed by atoms with Crippen molar-refractivity contribution >= 4 is 0 Å². The Bertz CT molecular complexity index is 449. The molecule has 0 bridgehead atoms. The Kier molecular flexibility index (Phi) is 2.41. The van der Waals surface area contributed by atoms with Crippen molar-refractivity contribution in [3.63, 3.8) is 0 Å². The van der Waals surface area contributed by atoms with Crippen LogP contribution in [-0.2, 0) is 13.0 Å². The monoisotopic (exact) mass is 219 g/mol. The number of rotatable bonds is 3. The van der Waals surface area contributed by atoms with E-state index in [1.165, 1.54) is 5.56 Å². The number of aryl methyl sites for hydroxylation is 1. The summed E-state index contributed by atoms with van der Waals surface area (Å²) in [5.41, 5.74) is 1.27. The van der Waals surface area contributed by atoms with Crippen LogP contribution in [0.2, 0.25) is 0 Å². The Labute approximate surface area is 92.4 Å². The SMILES string of the molecule is c1cc2c(o1)CCCC2NCc1nn[nH]n1. The maximum atomic E-state index is 5.43. The number of tetrazole rings is 1. The van der Waals surface area contributed by atoms with Crippen LogP contribution in [0.25, 0.3) is 0 Å². The molecule has 1 unspecified atom stereocenters. The highest BCUT2D eigenvalue weighted by Crippen LogP contribution is 2.30. The van der Waals surface area contributed by atoms with Gasteiger partial charge in [0.1, 0.15) is 5.76 Å². The highest BCUT2D eigenvalue weighted by atomic mass is 16.3. The summed E-state index contributed by atoms with van der Waals surface area (Å²) in [5, 5.41) is 17.2. The summed E-state index contributed by atoms with van der Waals surface area (Å²) in [4.78, 5) is 0. The molecule has 2 heterocycles. The van der Waals surface area contributed by atoms with E-state index >= 15 is 0 Å². The molecule has 0 radical (unpaired) electrons. The molecule has 2 aromatic rings. The van der Waals surface area contributed by atoms with E-state index in [4.69, 9.17) is 4.42 Å². The van der Waals surface area contributed by atoms with Gasteiger partial charge in [-0.15, -0.1) is 10.2 Å². The minimum atomic E-state index is 0.348. The molecule has 84 valence electrons. The van der Waals surface area contributed by atoms with Crippen LogP contribution in [0, 0.1) is 0 Å². The third kappa shape index (κ3) is 1.71. The molecule has 2 aromatic heterocycles. The molecule has 1 atom stereocenters. The van der Waals surface area contributed by atoms with Crippen molar-refractivity contribution in [3.05, 3.63) is 29.5 Å². The summed E-state index contributed by atoms with van der Waals surface area (Å²) >= 11 is 0. The van der Waals surface area contributed by atoms with Gasteiger partial charge < -0.3 is 9.73 Å². The van der Waals surface area contributed by atoms with Gasteiger partial charge in [0.05, 0.1) is 12.8 Å². The second-order valence-electron chi connectivity index (χ2n) is 3.95. The Balaban J connectivity index is 1.69. The molecule has 0 spiro atoms. The summed E-state index contributed by atoms with van der Waals surface area (Å²) in [6, 6.07) is 2.39. The molecular weight excluding hydrogens is 206 g/mol. The third-order valence-corrected chi connectivity index (χ3v) is 2.95. The number of furan rings is 1. The van der Waals surface area contributed by atoms with Crippen LogP contribution in [0.5, 0.6) is 0 Å². The van der Waals surface area contributed by atoms with Crippen molar-refractivity contribution in [2.75, 3.05) is 0 Å². The van der Waals surface area contributed by atoms with Gasteiger partial charge in [-0.1, -0.05) is 5.21 Å². The van der Waals surface area contributed by atoms with Gasteiger partial charge in [-0.2, -0.15) is 5.21 Å². The molecule has 0 amide bonds. The molecule has 1 aliphatic rings. The van der Waals surface area contributed by atoms with E-state index in [2.05, 4.69) is 25.9 Å². The minimum Gasteiger partial charge on any atom is -0.469 e. The van der Waals surface area contributed by atoms with Crippen LogP contribution < -0.4 is 5.32 Å². The van der Waals surface area contributed by atoms with E-state index in [9.17, 15) is 0 Å². The highest BCUT2D eigenvalue weighted by molar-refractivity contribution is 5.23. The van der Waals surface area contributed by atoms with Crippen LogP contribution in [0.1, 0.15) is 36.0 Å². The van der Waals surface area contributed by atoms with Crippen molar-refractivity contribution in [1.82, 2.24) is 25.9 Å². The fraction of sp³-hybridized carbons (Fsp3) is 0.500. The Morgan fingerprint density at radius 3 is 3.44 bits per heavy atom. The largest absolute Gasteiger partial charge is 0.469 e. The molecule has 0 saturated carbocycles. The molecule has 3 rings (SSSR count). The molecule has 16 heavy (non-hydrogen) atoms. The number of fused-ring (bicyclic) bond motifs is 1. The Morgan fingerprint density at radius 1 is 1.56 bits per heavy atom. The van der Waals surface area contributed by atoms with Gasteiger partial charge in [-0.3, -0.25) is 0 Å². The van der Waals surface area contributed by atoms with Crippen LogP contribution in [0.3, 0.4) is 0 Å². The van der Waals surface area contributed by atoms with Crippen molar-refractivity contribution in [3.8, 4) is 0 Å². The smallest absolute Gasteiger partial charge is 0.188 e. The van der Waals surface area contributed by atoms with Crippen LogP contribution in [0.4, 0.5) is 0 Å². The molecule has 1 aliphatic carbocycles. The number of hydrogen-bond donors (Lipinski definition) is 2. The van der Waals surface area contributed by atoms with Gasteiger partial charge in [-0.05, 0) is 18.9 Å². The molecule has 0 saturated heterocycles. The third-order valence-electron chi connectivity index (χ3n) is 2.95. The normalized spacial score (nSPS) is 19.6. The lowest BCUT2D eigenvalue weighted by Crippen LogP contribution is -2.24. The van der Waals surface area contributed by atoms with Gasteiger partial charge in [0.15, 0.2) is 5.82 Å². The van der Waals surface area contributed by atoms with Crippen LogP contribution in [-0.4, -0.2) is 20.6 Å². The van der Waals surface area contributed by atoms with Gasteiger partial charge >= 0.3 is 0 Å². The quantitative estimate of drug-likeness (QED) is 0.803. The second kappa shape index (κ2) is 4.05. The number of nitrogens with one attached hydrogen (secondary N) is 2. The fourth-order valence-electron chi connectivity index (χ4n) is 2.17. The van der Waals surface area contributed by atoms with Crippen molar-refractivity contribution in [2.45, 2.75) is 31.8 Å². The first-order valence-electron chi connectivity index (χ1n) is 5.45. The standard InChI is InChI=1S/C10H13N5O/c1-2-8(7-4-5-16-9(7)3-1)11-6-10-12-14-15-13-10/h4-5,8,11H,1-3,6H2,(H,12,13,14,15). The van der Waals surface area contributed by atoms with E-state index in [1.807, 2.05) is 6.07 Å². The summed E-state index contributed by atoms with van der Waals surface area (Å²) in [7, 11) is 0. The Hall–Kier alpha value is -1.69. The van der Waals surface area contributed by atoms with E-state index < -0.39 is 0 Å². The lowest BCUT2D eigenvalue weighted by Gasteiger charge is -2.21. The minimum absolute atomic E-state index is 0.348. The van der Waals surface area contributed by atoms with E-state index in [1.54, 1.807) is 6.26 Å². The zero-order valence-corrected chi connectivity index (χ0v) is 8.81. The van der Waals surface area contributed by atoms with Gasteiger partial charge in [-0.25, -0.2) is 0 Å². The summed E-state index contributed by atoms with van der Waals surface area (Å²) in [5.74, 6) is 1.80. The highest BCUT2D eigenvalue weighted by Gasteiger charge is 2.22. The molecule has 0 aliphatic heterocycles. The lowest BCUT2D eigenvalue weighted by molar-refractivity contribution is 0.408.